The summed E-state index contributed by atoms with van der Waals surface area (Å²) in [7, 11) is 0. The summed E-state index contributed by atoms with van der Waals surface area (Å²) < 4.78 is 16.1. The molecule has 2 rings (SSSR count). The number of Topliss-reactive ketones (excluding diaryl/α,β-unsaturated/α-hetero) is 2. The highest BCUT2D eigenvalue weighted by atomic mass is 16.6. The summed E-state index contributed by atoms with van der Waals surface area (Å²) in [5.74, 6) is -0.0370. The molecule has 0 radical (unpaired) electrons. The molecule has 1 N–H and O–H groups in total. The maximum Gasteiger partial charge on any atom is 0.411 e. The molecule has 2 heterocycles. The summed E-state index contributed by atoms with van der Waals surface area (Å²) in [4.78, 5) is 64.8. The molecule has 2 aliphatic heterocycles. The van der Waals surface area contributed by atoms with E-state index in [1.54, 1.807) is 65.5 Å². The van der Waals surface area contributed by atoms with Crippen molar-refractivity contribution in [3.05, 3.63) is 25.3 Å². The smallest absolute Gasteiger partial charge is 0.411 e. The molecule has 0 aromatic rings. The number of ketones is 2. The van der Waals surface area contributed by atoms with E-state index in [1.807, 2.05) is 20.8 Å². The van der Waals surface area contributed by atoms with Gasteiger partial charge in [0.1, 0.15) is 27.9 Å². The van der Waals surface area contributed by atoms with Crippen LogP contribution in [0.2, 0.25) is 0 Å². The number of carbonyl (C=O) groups is 5. The Balaban J connectivity index is 0.000000470. The highest BCUT2D eigenvalue weighted by Gasteiger charge is 2.49. The minimum atomic E-state index is -1.21. The van der Waals surface area contributed by atoms with Crippen LogP contribution in [0.25, 0.3) is 0 Å². The first-order chi connectivity index (χ1) is 20.0. The first kappa shape index (κ1) is 38.7. The third-order valence-corrected chi connectivity index (χ3v) is 6.98. The van der Waals surface area contributed by atoms with Crippen LogP contribution in [-0.4, -0.2) is 87.2 Å². The number of rotatable bonds is 6. The van der Waals surface area contributed by atoms with Gasteiger partial charge in [-0.15, -0.1) is 13.2 Å². The predicted molar refractivity (Wildman–Crippen MR) is 169 cm³/mol. The average Bonchev–Trinajstić information content (AvgIpc) is 2.83. The minimum Gasteiger partial charge on any atom is -0.444 e. The highest BCUT2D eigenvalue weighted by Crippen LogP contribution is 2.31. The van der Waals surface area contributed by atoms with Crippen LogP contribution >= 0.6 is 0 Å². The van der Waals surface area contributed by atoms with Crippen LogP contribution in [0, 0.1) is 0 Å². The number of hydrogen-bond acceptors (Lipinski definition) is 8. The molecule has 0 aromatic heterocycles. The number of nitrogens with zero attached hydrogens (tertiary/aromatic N) is 2. The van der Waals surface area contributed by atoms with Crippen molar-refractivity contribution in [2.24, 2.45) is 0 Å². The SMILES string of the molecule is C=CC[C@@]1(C)C(=O)CCCN1C(=O)OC(C)(C)C.C=CC[C@@]1(CNC(=O)OC(C)(C)C)C(=O)CCCN1C(=O)OC(C)(C)C. The number of likely N-dealkylation sites (tertiary alicyclic amines) is 2. The monoisotopic (exact) mass is 621 g/mol. The topological polar surface area (TPSA) is 132 Å². The molecule has 2 fully saturated rings. The van der Waals surface area contributed by atoms with Gasteiger partial charge in [0.05, 0.1) is 6.54 Å². The molecule has 0 aliphatic carbocycles. The van der Waals surface area contributed by atoms with E-state index in [-0.39, 0.29) is 24.5 Å². The summed E-state index contributed by atoms with van der Waals surface area (Å²) >= 11 is 0. The number of amides is 3. The molecule has 11 nitrogen and oxygen atoms in total. The van der Waals surface area contributed by atoms with Gasteiger partial charge in [-0.3, -0.25) is 19.4 Å². The molecule has 11 heteroatoms. The first-order valence-corrected chi connectivity index (χ1v) is 15.3. The van der Waals surface area contributed by atoms with Crippen molar-refractivity contribution in [1.82, 2.24) is 15.1 Å². The third-order valence-electron chi connectivity index (χ3n) is 6.98. The van der Waals surface area contributed by atoms with Crippen LogP contribution in [-0.2, 0) is 23.8 Å². The maximum atomic E-state index is 12.8. The van der Waals surface area contributed by atoms with Crippen LogP contribution in [0.4, 0.5) is 14.4 Å². The zero-order valence-corrected chi connectivity index (χ0v) is 28.6. The lowest BCUT2D eigenvalue weighted by molar-refractivity contribution is -0.134. The van der Waals surface area contributed by atoms with E-state index in [1.165, 1.54) is 4.90 Å². The van der Waals surface area contributed by atoms with Gasteiger partial charge in [-0.1, -0.05) is 12.2 Å². The van der Waals surface area contributed by atoms with E-state index in [0.29, 0.717) is 45.2 Å². The van der Waals surface area contributed by atoms with Crippen molar-refractivity contribution < 1.29 is 38.2 Å². The predicted octanol–water partition coefficient (Wildman–Crippen LogP) is 6.35. The fourth-order valence-corrected chi connectivity index (χ4v) is 5.02. The van der Waals surface area contributed by atoms with Crippen molar-refractivity contribution >= 4 is 29.8 Å². The van der Waals surface area contributed by atoms with Gasteiger partial charge >= 0.3 is 18.3 Å². The zero-order valence-electron chi connectivity index (χ0n) is 28.6. The normalized spacial score (nSPS) is 22.7. The van der Waals surface area contributed by atoms with Gasteiger partial charge in [-0.2, -0.15) is 0 Å². The number of nitrogens with one attached hydrogen (secondary N) is 1. The number of hydrogen-bond donors (Lipinski definition) is 1. The quantitative estimate of drug-likeness (QED) is 0.268. The van der Waals surface area contributed by atoms with Crippen molar-refractivity contribution in [2.75, 3.05) is 19.6 Å². The average molecular weight is 622 g/mol. The van der Waals surface area contributed by atoms with Gasteiger partial charge < -0.3 is 19.5 Å². The van der Waals surface area contributed by atoms with E-state index >= 15 is 0 Å². The van der Waals surface area contributed by atoms with Crippen molar-refractivity contribution in [3.8, 4) is 0 Å². The summed E-state index contributed by atoms with van der Waals surface area (Å²) in [6, 6.07) is 0. The lowest BCUT2D eigenvalue weighted by Crippen LogP contribution is -2.65. The minimum absolute atomic E-state index is 0.0496. The Morgan fingerprint density at radius 3 is 1.64 bits per heavy atom. The highest BCUT2D eigenvalue weighted by molar-refractivity contribution is 5.94. The molecule has 0 unspecified atom stereocenters. The second kappa shape index (κ2) is 15.1. The van der Waals surface area contributed by atoms with Gasteiger partial charge in [0.25, 0.3) is 0 Å². The van der Waals surface area contributed by atoms with E-state index in [2.05, 4.69) is 18.5 Å². The van der Waals surface area contributed by atoms with Crippen LogP contribution in [0.5, 0.6) is 0 Å². The third kappa shape index (κ3) is 11.3. The first-order valence-electron chi connectivity index (χ1n) is 15.3. The largest absolute Gasteiger partial charge is 0.444 e. The number of ether oxygens (including phenoxy) is 3. The Morgan fingerprint density at radius 1 is 0.750 bits per heavy atom. The standard InChI is InChI=1S/C19H32N2O5.C14H23NO3/c1-8-11-19(13-20-15(23)25-17(2,3)4)14(22)10-9-12-21(19)16(24)26-18(5,6)7;1-6-9-14(5)11(16)8-7-10-15(14)12(17)18-13(2,3)4/h8H,1,9-13H2,2-7H3,(H,20,23);6H,1,7-10H2,2-5H3/t19-;14-/m10/s1. The molecule has 44 heavy (non-hydrogen) atoms. The zero-order chi connectivity index (χ0) is 34.1. The maximum absolute atomic E-state index is 12.8. The van der Waals surface area contributed by atoms with Gasteiger partial charge in [0, 0.05) is 25.9 Å². The summed E-state index contributed by atoms with van der Waals surface area (Å²) in [5, 5.41) is 2.63. The summed E-state index contributed by atoms with van der Waals surface area (Å²) in [6.45, 7) is 26.1. The lowest BCUT2D eigenvalue weighted by atomic mass is 9.82. The van der Waals surface area contributed by atoms with Gasteiger partial charge in [0.2, 0.25) is 0 Å². The second-order valence-corrected chi connectivity index (χ2v) is 14.5. The molecule has 0 saturated carbocycles. The van der Waals surface area contributed by atoms with E-state index in [0.717, 1.165) is 0 Å². The molecular weight excluding hydrogens is 566 g/mol. The summed E-state index contributed by atoms with van der Waals surface area (Å²) in [6.07, 6.45) is 4.44. The van der Waals surface area contributed by atoms with Crippen LogP contribution in [0.15, 0.2) is 25.3 Å². The van der Waals surface area contributed by atoms with E-state index in [4.69, 9.17) is 14.2 Å². The summed E-state index contributed by atoms with van der Waals surface area (Å²) in [5.41, 5.74) is -3.90. The Hall–Kier alpha value is -3.37. The molecule has 2 saturated heterocycles. The van der Waals surface area contributed by atoms with E-state index in [9.17, 15) is 24.0 Å². The van der Waals surface area contributed by atoms with Gasteiger partial charge in [0.15, 0.2) is 11.6 Å². The Bertz CT molecular complexity index is 1080. The van der Waals surface area contributed by atoms with E-state index < -0.39 is 46.2 Å². The molecule has 3 amide bonds. The number of alkyl carbamates (subject to hydrolysis) is 1. The van der Waals surface area contributed by atoms with Gasteiger partial charge in [-0.25, -0.2) is 14.4 Å². The second-order valence-electron chi connectivity index (χ2n) is 14.5. The number of piperidine rings is 2. The van der Waals surface area contributed by atoms with Crippen LogP contribution < -0.4 is 5.32 Å². The van der Waals surface area contributed by atoms with Crippen LogP contribution in [0.3, 0.4) is 0 Å². The molecule has 2 atom stereocenters. The Kier molecular flexibility index (Phi) is 13.2. The molecule has 0 bridgehead atoms. The molecule has 0 spiro atoms. The fraction of sp³-hybridized carbons (Fsp3) is 0.727. The Labute approximate surface area is 263 Å². The number of carbonyl (C=O) groups excluding carboxylic acids is 5. The van der Waals surface area contributed by atoms with Crippen LogP contribution in [0.1, 0.15) is 108 Å². The Morgan fingerprint density at radius 2 is 1.18 bits per heavy atom. The molecule has 0 aromatic carbocycles. The molecule has 2 aliphatic rings. The van der Waals surface area contributed by atoms with Crippen molar-refractivity contribution in [1.29, 1.82) is 0 Å². The van der Waals surface area contributed by atoms with Crippen molar-refractivity contribution in [3.63, 3.8) is 0 Å². The molecular formula is C33H55N3O8. The van der Waals surface area contributed by atoms with Gasteiger partial charge in [-0.05, 0) is 94.9 Å². The lowest BCUT2D eigenvalue weighted by Gasteiger charge is -2.45. The van der Waals surface area contributed by atoms with Crippen molar-refractivity contribution in [2.45, 2.75) is 136 Å². The molecule has 250 valence electrons. The fourth-order valence-electron chi connectivity index (χ4n) is 5.02.